The second-order valence-corrected chi connectivity index (χ2v) is 5.25. The summed E-state index contributed by atoms with van der Waals surface area (Å²) in [5.41, 5.74) is 3.35. The molecule has 4 nitrogen and oxygen atoms in total. The molecule has 2 aromatic carbocycles. The van der Waals surface area contributed by atoms with Gasteiger partial charge in [0.2, 0.25) is 0 Å². The lowest BCUT2D eigenvalue weighted by atomic mass is 9.98. The Morgan fingerprint density at radius 3 is 2.81 bits per heavy atom. The molecule has 3 aromatic rings. The first-order chi connectivity index (χ1) is 10.2. The molecule has 0 radical (unpaired) electrons. The van der Waals surface area contributed by atoms with Gasteiger partial charge in [-0.3, -0.25) is 4.98 Å². The van der Waals surface area contributed by atoms with E-state index in [1.165, 1.54) is 0 Å². The van der Waals surface area contributed by atoms with Crippen molar-refractivity contribution in [3.8, 4) is 0 Å². The molecule has 108 valence electrons. The van der Waals surface area contributed by atoms with E-state index in [0.29, 0.717) is 16.1 Å². The van der Waals surface area contributed by atoms with E-state index in [1.54, 1.807) is 0 Å². The van der Waals surface area contributed by atoms with E-state index in [2.05, 4.69) is 10.3 Å². The lowest BCUT2D eigenvalue weighted by Gasteiger charge is -2.19. The number of fused-ring (bicyclic) bond motifs is 1. The van der Waals surface area contributed by atoms with E-state index in [4.69, 9.17) is 16.0 Å². The molecule has 0 aliphatic carbocycles. The van der Waals surface area contributed by atoms with Crippen LogP contribution in [0.5, 0.6) is 0 Å². The molecule has 5 heteroatoms. The normalized spacial score (nSPS) is 12.7. The highest BCUT2D eigenvalue weighted by atomic mass is 35.5. The van der Waals surface area contributed by atoms with Gasteiger partial charge < -0.3 is 9.73 Å². The predicted molar refractivity (Wildman–Crippen MR) is 83.8 cm³/mol. The zero-order chi connectivity index (χ0) is 14.8. The van der Waals surface area contributed by atoms with Crippen molar-refractivity contribution >= 4 is 22.7 Å². The van der Waals surface area contributed by atoms with E-state index in [0.717, 1.165) is 17.7 Å². The van der Waals surface area contributed by atoms with Gasteiger partial charge in [-0.05, 0) is 41.9 Å². The molecule has 1 aromatic heterocycles. The van der Waals surface area contributed by atoms with Crippen molar-refractivity contribution in [1.82, 2.24) is 10.3 Å². The van der Waals surface area contributed by atoms with Gasteiger partial charge in [0.15, 0.2) is 5.58 Å². The van der Waals surface area contributed by atoms with Gasteiger partial charge >= 0.3 is 5.76 Å². The van der Waals surface area contributed by atoms with Crippen LogP contribution in [0.2, 0.25) is 5.02 Å². The van der Waals surface area contributed by atoms with E-state index in [-0.39, 0.29) is 6.04 Å². The minimum Gasteiger partial charge on any atom is -0.408 e. The maximum Gasteiger partial charge on any atom is 0.417 e. The van der Waals surface area contributed by atoms with Gasteiger partial charge in [0.25, 0.3) is 0 Å². The first-order valence-electron chi connectivity index (χ1n) is 6.79. The fourth-order valence-electron chi connectivity index (χ4n) is 2.46. The van der Waals surface area contributed by atoms with Gasteiger partial charge in [-0.1, -0.05) is 36.7 Å². The quantitative estimate of drug-likeness (QED) is 0.776. The van der Waals surface area contributed by atoms with Crippen molar-refractivity contribution < 1.29 is 4.42 Å². The molecule has 1 atom stereocenters. The number of benzene rings is 2. The molecule has 0 saturated heterocycles. The highest BCUT2D eigenvalue weighted by Gasteiger charge is 2.15. The summed E-state index contributed by atoms with van der Waals surface area (Å²) < 4.78 is 5.13. The molecule has 21 heavy (non-hydrogen) atoms. The summed E-state index contributed by atoms with van der Waals surface area (Å²) in [5, 5.41) is 4.12. The molecule has 0 aliphatic rings. The minimum absolute atomic E-state index is 0.00157. The maximum absolute atomic E-state index is 11.3. The van der Waals surface area contributed by atoms with Gasteiger partial charge in [-0.15, -0.1) is 0 Å². The summed E-state index contributed by atoms with van der Waals surface area (Å²) in [7, 11) is 0. The summed E-state index contributed by atoms with van der Waals surface area (Å²) in [6, 6.07) is 13.4. The average Bonchev–Trinajstić information content (AvgIpc) is 2.83. The predicted octanol–water partition coefficient (Wildman–Crippen LogP) is 3.47. The first-order valence-corrected chi connectivity index (χ1v) is 7.17. The Labute approximate surface area is 126 Å². The summed E-state index contributed by atoms with van der Waals surface area (Å²) in [6.45, 7) is 2.86. The third-order valence-corrected chi connectivity index (χ3v) is 3.60. The van der Waals surface area contributed by atoms with E-state index >= 15 is 0 Å². The Bertz CT molecular complexity index is 822. The Morgan fingerprint density at radius 2 is 2.05 bits per heavy atom. The van der Waals surface area contributed by atoms with Crippen LogP contribution in [-0.2, 0) is 0 Å². The zero-order valence-corrected chi connectivity index (χ0v) is 12.3. The van der Waals surface area contributed by atoms with Gasteiger partial charge in [-0.25, -0.2) is 4.79 Å². The largest absolute Gasteiger partial charge is 0.417 e. The van der Waals surface area contributed by atoms with Crippen LogP contribution in [0, 0.1) is 0 Å². The number of oxazole rings is 1. The van der Waals surface area contributed by atoms with Gasteiger partial charge in [-0.2, -0.15) is 0 Å². The Kier molecular flexibility index (Phi) is 3.82. The second kappa shape index (κ2) is 5.76. The minimum atomic E-state index is -0.440. The van der Waals surface area contributed by atoms with Crippen LogP contribution in [0.1, 0.15) is 24.1 Å². The number of nitrogens with one attached hydrogen (secondary N) is 2. The lowest BCUT2D eigenvalue weighted by Crippen LogP contribution is -2.21. The van der Waals surface area contributed by atoms with Crippen molar-refractivity contribution in [3.63, 3.8) is 0 Å². The SMILES string of the molecule is CCNC(c1cccc(Cl)c1)c1ccc2[nH]c(=O)oc2c1. The number of rotatable bonds is 4. The van der Waals surface area contributed by atoms with Crippen LogP contribution in [0.25, 0.3) is 11.1 Å². The molecule has 0 amide bonds. The van der Waals surface area contributed by atoms with Gasteiger partial charge in [0, 0.05) is 5.02 Å². The number of halogens is 1. The molecule has 0 fully saturated rings. The van der Waals surface area contributed by atoms with Crippen LogP contribution in [0.3, 0.4) is 0 Å². The highest BCUT2D eigenvalue weighted by Crippen LogP contribution is 2.26. The smallest absolute Gasteiger partial charge is 0.408 e. The molecule has 0 bridgehead atoms. The fourth-order valence-corrected chi connectivity index (χ4v) is 2.66. The average molecular weight is 303 g/mol. The molecule has 1 heterocycles. The fraction of sp³-hybridized carbons (Fsp3) is 0.188. The van der Waals surface area contributed by atoms with Crippen molar-refractivity contribution in [2.45, 2.75) is 13.0 Å². The lowest BCUT2D eigenvalue weighted by molar-refractivity contribution is 0.553. The van der Waals surface area contributed by atoms with Crippen LogP contribution in [0.4, 0.5) is 0 Å². The molecule has 3 rings (SSSR count). The summed E-state index contributed by atoms with van der Waals surface area (Å²) in [6.07, 6.45) is 0. The number of aromatic nitrogens is 1. The van der Waals surface area contributed by atoms with Crippen molar-refractivity contribution in [3.05, 3.63) is 69.2 Å². The van der Waals surface area contributed by atoms with Crippen molar-refractivity contribution in [1.29, 1.82) is 0 Å². The molecular weight excluding hydrogens is 288 g/mol. The topological polar surface area (TPSA) is 58.0 Å². The number of hydrogen-bond acceptors (Lipinski definition) is 3. The maximum atomic E-state index is 11.3. The van der Waals surface area contributed by atoms with Crippen LogP contribution < -0.4 is 11.1 Å². The first kappa shape index (κ1) is 13.9. The standard InChI is InChI=1S/C16H15ClN2O2/c1-2-18-15(10-4-3-5-12(17)8-10)11-6-7-13-14(9-11)21-16(20)19-13/h3-9,15,18H,2H2,1H3,(H,19,20). The van der Waals surface area contributed by atoms with Crippen LogP contribution in [0.15, 0.2) is 51.7 Å². The summed E-state index contributed by atoms with van der Waals surface area (Å²) in [5.74, 6) is -0.440. The van der Waals surface area contributed by atoms with Crippen LogP contribution >= 0.6 is 11.6 Å². The number of H-pyrrole nitrogens is 1. The summed E-state index contributed by atoms with van der Waals surface area (Å²) >= 11 is 6.08. The zero-order valence-electron chi connectivity index (χ0n) is 11.5. The van der Waals surface area contributed by atoms with Crippen molar-refractivity contribution in [2.24, 2.45) is 0 Å². The number of hydrogen-bond donors (Lipinski definition) is 2. The molecule has 0 aliphatic heterocycles. The molecule has 0 spiro atoms. The van der Waals surface area contributed by atoms with E-state index in [9.17, 15) is 4.79 Å². The molecule has 2 N–H and O–H groups in total. The third kappa shape index (κ3) is 2.86. The van der Waals surface area contributed by atoms with Gasteiger partial charge in [0.05, 0.1) is 11.6 Å². The van der Waals surface area contributed by atoms with E-state index < -0.39 is 5.76 Å². The van der Waals surface area contributed by atoms with E-state index in [1.807, 2.05) is 49.4 Å². The summed E-state index contributed by atoms with van der Waals surface area (Å²) in [4.78, 5) is 13.9. The Morgan fingerprint density at radius 1 is 1.24 bits per heavy atom. The van der Waals surface area contributed by atoms with Crippen molar-refractivity contribution in [2.75, 3.05) is 6.54 Å². The monoisotopic (exact) mass is 302 g/mol. The molecule has 1 unspecified atom stereocenters. The van der Waals surface area contributed by atoms with Crippen LogP contribution in [-0.4, -0.2) is 11.5 Å². The Balaban J connectivity index is 2.07. The Hall–Kier alpha value is -2.04. The highest BCUT2D eigenvalue weighted by molar-refractivity contribution is 6.30. The third-order valence-electron chi connectivity index (χ3n) is 3.37. The number of aromatic amines is 1. The second-order valence-electron chi connectivity index (χ2n) is 4.82. The molecular formula is C16H15ClN2O2. The molecule has 0 saturated carbocycles. The van der Waals surface area contributed by atoms with Gasteiger partial charge in [0.1, 0.15) is 0 Å².